The summed E-state index contributed by atoms with van der Waals surface area (Å²) in [5.74, 6) is 1.93. The fourth-order valence-corrected chi connectivity index (χ4v) is 5.93. The number of terminal acetylenes is 1. The number of anilines is 2. The first-order valence-electron chi connectivity index (χ1n) is 14.6. The molecule has 1 atom stereocenters. The molecule has 6 rings (SSSR count). The van der Waals surface area contributed by atoms with Crippen LogP contribution in [0.15, 0.2) is 60.4 Å². The number of methoxy groups -OCH3 is 1. The van der Waals surface area contributed by atoms with Crippen molar-refractivity contribution in [3.8, 4) is 18.2 Å². The number of pyridine rings is 2. The molecule has 0 radical (unpaired) electrons. The van der Waals surface area contributed by atoms with Crippen molar-refractivity contribution >= 4 is 44.7 Å². The van der Waals surface area contributed by atoms with Gasteiger partial charge in [0.05, 0.1) is 34.9 Å². The predicted molar refractivity (Wildman–Crippen MR) is 172 cm³/mol. The van der Waals surface area contributed by atoms with Crippen LogP contribution in [-0.4, -0.2) is 40.3 Å². The SMILES string of the molecule is C#Cc1cnc2c(Cl)cc(N[C@H](C3=C(F)N(C4(C(F)(F)F)CC4)NN3)c3cccc4c(OC)nccc34)cc2c1NCC(C)(C)C. The second kappa shape index (κ2) is 11.4. The van der Waals surface area contributed by atoms with Crippen LogP contribution < -0.4 is 26.3 Å². The van der Waals surface area contributed by atoms with Crippen molar-refractivity contribution in [3.63, 3.8) is 0 Å². The number of ether oxygens (including phenoxy) is 1. The highest BCUT2D eigenvalue weighted by Gasteiger charge is 2.69. The third kappa shape index (κ3) is 5.48. The van der Waals surface area contributed by atoms with Crippen molar-refractivity contribution in [1.29, 1.82) is 0 Å². The van der Waals surface area contributed by atoms with Crippen LogP contribution in [0.3, 0.4) is 0 Å². The molecule has 0 bridgehead atoms. The summed E-state index contributed by atoms with van der Waals surface area (Å²) in [6, 6.07) is 9.45. The van der Waals surface area contributed by atoms with Gasteiger partial charge in [0.1, 0.15) is 5.70 Å². The van der Waals surface area contributed by atoms with E-state index in [0.717, 1.165) is 0 Å². The lowest BCUT2D eigenvalue weighted by molar-refractivity contribution is -0.201. The number of fused-ring (bicyclic) bond motifs is 2. The van der Waals surface area contributed by atoms with E-state index in [-0.39, 0.29) is 24.0 Å². The fourth-order valence-electron chi connectivity index (χ4n) is 5.66. The van der Waals surface area contributed by atoms with E-state index in [1.165, 1.54) is 7.11 Å². The predicted octanol–water partition coefficient (Wildman–Crippen LogP) is 7.60. The number of alkyl halides is 3. The molecular formula is C33H32ClF4N7O. The highest BCUT2D eigenvalue weighted by atomic mass is 35.5. The Morgan fingerprint density at radius 2 is 1.89 bits per heavy atom. The molecule has 1 aliphatic heterocycles. The zero-order valence-electron chi connectivity index (χ0n) is 25.5. The number of nitrogens with one attached hydrogen (secondary N) is 4. The molecular weight excluding hydrogens is 622 g/mol. The van der Waals surface area contributed by atoms with Gasteiger partial charge in [-0.3, -0.25) is 4.98 Å². The Hall–Kier alpha value is -4.47. The summed E-state index contributed by atoms with van der Waals surface area (Å²) in [4.78, 5) is 8.75. The molecule has 2 aromatic heterocycles. The van der Waals surface area contributed by atoms with E-state index < -0.39 is 23.7 Å². The standard InChI is InChI=1S/C33H32ClF4N7O/c1-6-18-16-40-26-23(25(18)41-17-31(2,3)4)14-19(15-24(26)34)42-27(21-8-7-9-22-20(21)10-13-39-30(22)46-5)28-29(35)45(44-43-28)32(11-12-32)33(36,37)38/h1,7-10,13-16,27,42-44H,11-12,17H2,2-5H3,(H,40,41)/t27-/m0/s1. The van der Waals surface area contributed by atoms with E-state index in [4.69, 9.17) is 22.8 Å². The van der Waals surface area contributed by atoms with Gasteiger partial charge in [-0.05, 0) is 53.5 Å². The summed E-state index contributed by atoms with van der Waals surface area (Å²) < 4.78 is 63.9. The minimum absolute atomic E-state index is 0.0805. The second-order valence-corrected chi connectivity index (χ2v) is 13.0. The quantitative estimate of drug-likeness (QED) is 0.0879. The molecule has 0 saturated heterocycles. The largest absolute Gasteiger partial charge is 0.481 e. The number of rotatable bonds is 8. The maximum Gasteiger partial charge on any atom is 0.413 e. The molecule has 1 aliphatic carbocycles. The molecule has 4 aromatic rings. The molecule has 240 valence electrons. The third-order valence-corrected chi connectivity index (χ3v) is 8.47. The summed E-state index contributed by atoms with van der Waals surface area (Å²) in [7, 11) is 1.49. The average molecular weight is 654 g/mol. The zero-order valence-corrected chi connectivity index (χ0v) is 26.3. The van der Waals surface area contributed by atoms with Gasteiger partial charge in [-0.15, -0.1) is 12.0 Å². The first-order chi connectivity index (χ1) is 21.8. The Kier molecular flexibility index (Phi) is 7.81. The highest BCUT2D eigenvalue weighted by Crippen LogP contribution is 2.55. The molecule has 4 N–H and O–H groups in total. The number of halogens is 5. The van der Waals surface area contributed by atoms with E-state index in [9.17, 15) is 13.2 Å². The molecule has 1 fully saturated rings. The van der Waals surface area contributed by atoms with Gasteiger partial charge in [0, 0.05) is 35.4 Å². The lowest BCUT2D eigenvalue weighted by atomic mass is 9.96. The van der Waals surface area contributed by atoms with Crippen LogP contribution in [0.5, 0.6) is 5.88 Å². The Balaban J connectivity index is 1.52. The topological polar surface area (TPSA) is 86.4 Å². The number of aromatic nitrogens is 2. The molecule has 46 heavy (non-hydrogen) atoms. The molecule has 8 nitrogen and oxygen atoms in total. The van der Waals surface area contributed by atoms with Crippen LogP contribution in [0.2, 0.25) is 5.02 Å². The van der Waals surface area contributed by atoms with E-state index in [2.05, 4.69) is 58.3 Å². The van der Waals surface area contributed by atoms with Crippen LogP contribution in [0.1, 0.15) is 50.8 Å². The number of nitrogens with zero attached hydrogens (tertiary/aromatic N) is 3. The summed E-state index contributed by atoms with van der Waals surface area (Å²) >= 11 is 6.76. The van der Waals surface area contributed by atoms with Crippen molar-refractivity contribution in [3.05, 3.63) is 76.6 Å². The van der Waals surface area contributed by atoms with Crippen LogP contribution in [-0.2, 0) is 0 Å². The maximum absolute atomic E-state index is 16.2. The number of benzene rings is 2. The summed E-state index contributed by atoms with van der Waals surface area (Å²) in [5, 5.41) is 9.52. The monoisotopic (exact) mass is 653 g/mol. The Morgan fingerprint density at radius 1 is 1.13 bits per heavy atom. The summed E-state index contributed by atoms with van der Waals surface area (Å²) in [6.45, 7) is 6.83. The lowest BCUT2D eigenvalue weighted by Crippen LogP contribution is -2.53. The molecule has 2 aliphatic rings. The van der Waals surface area contributed by atoms with Crippen molar-refractivity contribution < 1.29 is 22.3 Å². The van der Waals surface area contributed by atoms with Crippen LogP contribution in [0.4, 0.5) is 28.9 Å². The fraction of sp³-hybridized carbons (Fsp3) is 0.333. The van der Waals surface area contributed by atoms with E-state index in [0.29, 0.717) is 66.6 Å². The van der Waals surface area contributed by atoms with Gasteiger partial charge in [-0.2, -0.15) is 17.6 Å². The van der Waals surface area contributed by atoms with E-state index in [1.807, 2.05) is 0 Å². The van der Waals surface area contributed by atoms with Gasteiger partial charge in [-0.25, -0.2) is 9.99 Å². The Bertz CT molecular complexity index is 1910. The van der Waals surface area contributed by atoms with E-state index in [1.54, 1.807) is 48.8 Å². The first kappa shape index (κ1) is 31.5. The number of hydrazine groups is 2. The lowest BCUT2D eigenvalue weighted by Gasteiger charge is -2.29. The number of hydrogen-bond donors (Lipinski definition) is 4. The smallest absolute Gasteiger partial charge is 0.413 e. The van der Waals surface area contributed by atoms with Gasteiger partial charge in [0.25, 0.3) is 0 Å². The minimum atomic E-state index is -4.65. The normalized spacial score (nSPS) is 16.7. The molecule has 0 unspecified atom stereocenters. The van der Waals surface area contributed by atoms with E-state index >= 15 is 4.39 Å². The first-order valence-corrected chi connectivity index (χ1v) is 14.9. The molecule has 0 spiro atoms. The van der Waals surface area contributed by atoms with Gasteiger partial charge >= 0.3 is 6.18 Å². The Morgan fingerprint density at radius 3 is 2.54 bits per heavy atom. The molecule has 0 amide bonds. The van der Waals surface area contributed by atoms with Crippen molar-refractivity contribution in [2.75, 3.05) is 24.3 Å². The minimum Gasteiger partial charge on any atom is -0.481 e. The summed E-state index contributed by atoms with van der Waals surface area (Å²) in [5.41, 5.74) is 5.25. The summed E-state index contributed by atoms with van der Waals surface area (Å²) in [6.07, 6.45) is 3.82. The van der Waals surface area contributed by atoms with Gasteiger partial charge in [-0.1, -0.05) is 50.4 Å². The van der Waals surface area contributed by atoms with Gasteiger partial charge < -0.3 is 20.8 Å². The zero-order chi connectivity index (χ0) is 33.0. The molecule has 2 aromatic carbocycles. The second-order valence-electron chi connectivity index (χ2n) is 12.6. The maximum atomic E-state index is 16.2. The highest BCUT2D eigenvalue weighted by molar-refractivity contribution is 6.35. The third-order valence-electron chi connectivity index (χ3n) is 8.18. The van der Waals surface area contributed by atoms with Gasteiger partial charge in [0.2, 0.25) is 11.8 Å². The van der Waals surface area contributed by atoms with Crippen LogP contribution in [0.25, 0.3) is 21.7 Å². The van der Waals surface area contributed by atoms with Crippen molar-refractivity contribution in [1.82, 2.24) is 25.9 Å². The molecule has 13 heteroatoms. The molecule has 3 heterocycles. The Labute approximate surface area is 268 Å². The number of hydrogen-bond acceptors (Lipinski definition) is 8. The van der Waals surface area contributed by atoms with Crippen LogP contribution in [0, 0.1) is 17.8 Å². The van der Waals surface area contributed by atoms with Crippen molar-refractivity contribution in [2.45, 2.75) is 51.4 Å². The molecule has 1 saturated carbocycles. The van der Waals surface area contributed by atoms with Crippen molar-refractivity contribution in [2.24, 2.45) is 5.41 Å². The average Bonchev–Trinajstić information content (AvgIpc) is 3.74. The van der Waals surface area contributed by atoms with Crippen LogP contribution >= 0.6 is 11.6 Å². The van der Waals surface area contributed by atoms with Gasteiger partial charge in [0.15, 0.2) is 5.54 Å².